The first-order chi connectivity index (χ1) is 9.54. The van der Waals surface area contributed by atoms with Crippen LogP contribution in [0.15, 0.2) is 42.5 Å². The monoisotopic (exact) mass is 275 g/mol. The van der Waals surface area contributed by atoms with Crippen molar-refractivity contribution >= 4 is 17.2 Å². The Labute approximate surface area is 116 Å². The molecule has 0 spiro atoms. The molecule has 0 aliphatic carbocycles. The minimum atomic E-state index is -0.496. The summed E-state index contributed by atoms with van der Waals surface area (Å²) < 4.78 is 27.5. The summed E-state index contributed by atoms with van der Waals surface area (Å²) in [6.45, 7) is 3.63. The lowest BCUT2D eigenvalue weighted by atomic mass is 10.1. The average molecular weight is 275 g/mol. The molecule has 104 valence electrons. The van der Waals surface area contributed by atoms with Crippen LogP contribution in [0.5, 0.6) is 0 Å². The van der Waals surface area contributed by atoms with Gasteiger partial charge in [-0.05, 0) is 44.2 Å². The maximum absolute atomic E-state index is 14.1. The molecule has 0 aromatic heterocycles. The maximum atomic E-state index is 14.1. The molecule has 0 bridgehead atoms. The number of carbonyl (C=O) groups is 1. The number of nitrogens with zero attached hydrogens (tertiary/aromatic N) is 1. The summed E-state index contributed by atoms with van der Waals surface area (Å²) in [4.78, 5) is 13.3. The summed E-state index contributed by atoms with van der Waals surface area (Å²) in [6, 6.07) is 10.2. The lowest BCUT2D eigenvalue weighted by Crippen LogP contribution is -2.20. The molecule has 2 aromatic carbocycles. The zero-order chi connectivity index (χ0) is 14.7. The fourth-order valence-corrected chi connectivity index (χ4v) is 2.19. The number of anilines is 2. The smallest absolute Gasteiger partial charge is 0.162 e. The second kappa shape index (κ2) is 5.82. The number of rotatable bonds is 4. The molecule has 2 rings (SSSR count). The Hall–Kier alpha value is -2.23. The fourth-order valence-electron chi connectivity index (χ4n) is 2.19. The number of ketones is 1. The van der Waals surface area contributed by atoms with Gasteiger partial charge in [0.25, 0.3) is 0 Å². The number of hydrogen-bond donors (Lipinski definition) is 0. The van der Waals surface area contributed by atoms with E-state index in [0.29, 0.717) is 12.2 Å². The largest absolute Gasteiger partial charge is 0.339 e. The molecule has 4 heteroatoms. The van der Waals surface area contributed by atoms with Crippen molar-refractivity contribution in [2.75, 3.05) is 11.4 Å². The average Bonchev–Trinajstić information content (AvgIpc) is 2.41. The van der Waals surface area contributed by atoms with E-state index in [-0.39, 0.29) is 17.0 Å². The van der Waals surface area contributed by atoms with E-state index in [1.165, 1.54) is 31.2 Å². The minimum absolute atomic E-state index is 0.188. The highest BCUT2D eigenvalue weighted by molar-refractivity contribution is 6.00. The predicted octanol–water partition coefficient (Wildman–Crippen LogP) is 4.33. The van der Waals surface area contributed by atoms with Crippen LogP contribution in [-0.4, -0.2) is 12.3 Å². The SMILES string of the molecule is CCN(c1cccc(F)c1)c1c(F)cccc1C(C)=O. The number of para-hydroxylation sites is 1. The molecule has 0 unspecified atom stereocenters. The molecular formula is C16H15F2NO. The molecule has 2 aromatic rings. The Morgan fingerprint density at radius 3 is 2.45 bits per heavy atom. The van der Waals surface area contributed by atoms with E-state index in [0.717, 1.165) is 0 Å². The second-order valence-corrected chi connectivity index (χ2v) is 4.42. The Kier molecular flexibility index (Phi) is 4.13. The third-order valence-electron chi connectivity index (χ3n) is 3.07. The van der Waals surface area contributed by atoms with Gasteiger partial charge < -0.3 is 4.90 Å². The summed E-state index contributed by atoms with van der Waals surface area (Å²) in [5.41, 5.74) is 0.990. The normalized spacial score (nSPS) is 10.4. The molecule has 0 radical (unpaired) electrons. The molecule has 0 saturated carbocycles. The summed E-state index contributed by atoms with van der Waals surface area (Å²) >= 11 is 0. The lowest BCUT2D eigenvalue weighted by molar-refractivity contribution is 0.101. The number of benzene rings is 2. The van der Waals surface area contributed by atoms with Gasteiger partial charge in [0.1, 0.15) is 11.6 Å². The maximum Gasteiger partial charge on any atom is 0.162 e. The summed E-state index contributed by atoms with van der Waals surface area (Å²) in [6.07, 6.45) is 0. The van der Waals surface area contributed by atoms with Gasteiger partial charge in [-0.25, -0.2) is 8.78 Å². The molecule has 0 N–H and O–H groups in total. The highest BCUT2D eigenvalue weighted by Gasteiger charge is 2.19. The van der Waals surface area contributed by atoms with Crippen molar-refractivity contribution in [2.24, 2.45) is 0 Å². The first-order valence-electron chi connectivity index (χ1n) is 6.37. The quantitative estimate of drug-likeness (QED) is 0.774. The van der Waals surface area contributed by atoms with Gasteiger partial charge in [0.2, 0.25) is 0 Å². The van der Waals surface area contributed by atoms with Crippen molar-refractivity contribution in [1.82, 2.24) is 0 Å². The van der Waals surface area contributed by atoms with Gasteiger partial charge in [-0.2, -0.15) is 0 Å². The summed E-state index contributed by atoms with van der Waals surface area (Å²) in [5, 5.41) is 0. The van der Waals surface area contributed by atoms with Crippen LogP contribution < -0.4 is 4.90 Å². The van der Waals surface area contributed by atoms with E-state index < -0.39 is 11.6 Å². The van der Waals surface area contributed by atoms with E-state index >= 15 is 0 Å². The van der Waals surface area contributed by atoms with Gasteiger partial charge >= 0.3 is 0 Å². The van der Waals surface area contributed by atoms with Crippen molar-refractivity contribution in [3.8, 4) is 0 Å². The Balaban J connectivity index is 2.60. The van der Waals surface area contributed by atoms with E-state index in [9.17, 15) is 13.6 Å². The van der Waals surface area contributed by atoms with Gasteiger partial charge in [0.05, 0.1) is 5.69 Å². The van der Waals surface area contributed by atoms with Crippen LogP contribution in [0.3, 0.4) is 0 Å². The highest BCUT2D eigenvalue weighted by atomic mass is 19.1. The molecule has 0 aliphatic heterocycles. The predicted molar refractivity (Wildman–Crippen MR) is 75.5 cm³/mol. The van der Waals surface area contributed by atoms with Gasteiger partial charge in [-0.1, -0.05) is 12.1 Å². The minimum Gasteiger partial charge on any atom is -0.339 e. The topological polar surface area (TPSA) is 20.3 Å². The third kappa shape index (κ3) is 2.69. The highest BCUT2D eigenvalue weighted by Crippen LogP contribution is 2.31. The van der Waals surface area contributed by atoms with Crippen molar-refractivity contribution in [3.63, 3.8) is 0 Å². The molecular weight excluding hydrogens is 260 g/mol. The standard InChI is InChI=1S/C16H15F2NO/c1-3-19(13-7-4-6-12(17)10-13)16-14(11(2)20)8-5-9-15(16)18/h4-10H,3H2,1-2H3. The second-order valence-electron chi connectivity index (χ2n) is 4.42. The first kappa shape index (κ1) is 14.2. The Bertz CT molecular complexity index is 640. The zero-order valence-electron chi connectivity index (χ0n) is 11.4. The van der Waals surface area contributed by atoms with Crippen LogP contribution in [0.1, 0.15) is 24.2 Å². The molecule has 2 nitrogen and oxygen atoms in total. The fraction of sp³-hybridized carbons (Fsp3) is 0.188. The molecule has 20 heavy (non-hydrogen) atoms. The first-order valence-corrected chi connectivity index (χ1v) is 6.37. The lowest BCUT2D eigenvalue weighted by Gasteiger charge is -2.25. The summed E-state index contributed by atoms with van der Waals surface area (Å²) in [7, 11) is 0. The van der Waals surface area contributed by atoms with Crippen LogP contribution in [0, 0.1) is 11.6 Å². The van der Waals surface area contributed by atoms with Crippen LogP contribution >= 0.6 is 0 Å². The van der Waals surface area contributed by atoms with Crippen LogP contribution in [0.2, 0.25) is 0 Å². The molecule has 0 fully saturated rings. The number of Topliss-reactive ketones (excluding diaryl/α,β-unsaturated/α-hetero) is 1. The van der Waals surface area contributed by atoms with Crippen LogP contribution in [0.25, 0.3) is 0 Å². The number of hydrogen-bond acceptors (Lipinski definition) is 2. The molecule has 0 saturated heterocycles. The van der Waals surface area contributed by atoms with Gasteiger partial charge in [-0.3, -0.25) is 4.79 Å². The van der Waals surface area contributed by atoms with Gasteiger partial charge in [-0.15, -0.1) is 0 Å². The molecule has 0 atom stereocenters. The molecule has 0 aliphatic rings. The van der Waals surface area contributed by atoms with Crippen LogP contribution in [-0.2, 0) is 0 Å². The van der Waals surface area contributed by atoms with E-state index in [1.54, 1.807) is 23.1 Å². The van der Waals surface area contributed by atoms with E-state index in [2.05, 4.69) is 0 Å². The molecule has 0 heterocycles. The van der Waals surface area contributed by atoms with Crippen LogP contribution in [0.4, 0.5) is 20.2 Å². The number of halogens is 2. The summed E-state index contributed by atoms with van der Waals surface area (Å²) in [5.74, 6) is -1.13. The Morgan fingerprint density at radius 1 is 1.15 bits per heavy atom. The third-order valence-corrected chi connectivity index (χ3v) is 3.07. The van der Waals surface area contributed by atoms with Gasteiger partial charge in [0.15, 0.2) is 5.78 Å². The van der Waals surface area contributed by atoms with Gasteiger partial charge in [0, 0.05) is 17.8 Å². The van der Waals surface area contributed by atoms with E-state index in [4.69, 9.17) is 0 Å². The van der Waals surface area contributed by atoms with Crippen molar-refractivity contribution < 1.29 is 13.6 Å². The van der Waals surface area contributed by atoms with E-state index in [1.807, 2.05) is 6.92 Å². The molecule has 0 amide bonds. The Morgan fingerprint density at radius 2 is 1.85 bits per heavy atom. The van der Waals surface area contributed by atoms with Crippen molar-refractivity contribution in [1.29, 1.82) is 0 Å². The number of carbonyl (C=O) groups excluding carboxylic acids is 1. The van der Waals surface area contributed by atoms with Crippen molar-refractivity contribution in [3.05, 3.63) is 59.7 Å². The van der Waals surface area contributed by atoms with Crippen molar-refractivity contribution in [2.45, 2.75) is 13.8 Å². The zero-order valence-corrected chi connectivity index (χ0v) is 11.4.